The molecule has 0 radical (unpaired) electrons. The van der Waals surface area contributed by atoms with Gasteiger partial charge in [0.15, 0.2) is 0 Å². The number of sulfonamides is 1. The molecular formula is C19H22N2O3S2. The molecule has 1 fully saturated rings. The minimum absolute atomic E-state index is 0.0718. The number of hydrogen-bond acceptors (Lipinski definition) is 4. The number of carbonyl (C=O) groups is 1. The van der Waals surface area contributed by atoms with E-state index in [1.54, 1.807) is 41.7 Å². The molecule has 2 aromatic rings. The zero-order valence-electron chi connectivity index (χ0n) is 14.5. The quantitative estimate of drug-likeness (QED) is 0.810. The van der Waals surface area contributed by atoms with Gasteiger partial charge in [-0.05, 0) is 48.4 Å². The molecule has 2 aliphatic heterocycles. The fourth-order valence-electron chi connectivity index (χ4n) is 3.78. The Kier molecular flexibility index (Phi) is 4.86. The molecule has 1 aromatic carbocycles. The SMILES string of the molecule is O=C(C1CCN(S(=O)(=O)c2ccccc2)CC1)N1CCc2sccc2C1. The molecule has 7 heteroatoms. The van der Waals surface area contributed by atoms with Gasteiger partial charge in [-0.2, -0.15) is 4.31 Å². The van der Waals surface area contributed by atoms with Crippen LogP contribution in [0.25, 0.3) is 0 Å². The van der Waals surface area contributed by atoms with Crippen LogP contribution >= 0.6 is 11.3 Å². The maximum Gasteiger partial charge on any atom is 0.243 e. The number of piperidine rings is 1. The lowest BCUT2D eigenvalue weighted by Crippen LogP contribution is -2.45. The van der Waals surface area contributed by atoms with Crippen molar-refractivity contribution in [2.75, 3.05) is 19.6 Å². The molecule has 1 saturated heterocycles. The lowest BCUT2D eigenvalue weighted by molar-refractivity contribution is -0.137. The Morgan fingerprint density at radius 3 is 2.50 bits per heavy atom. The van der Waals surface area contributed by atoms with E-state index < -0.39 is 10.0 Å². The van der Waals surface area contributed by atoms with Crippen molar-refractivity contribution in [2.45, 2.75) is 30.7 Å². The molecule has 2 aliphatic rings. The van der Waals surface area contributed by atoms with Gasteiger partial charge in [-0.3, -0.25) is 4.79 Å². The average Bonchev–Trinajstić information content (AvgIpc) is 3.16. The van der Waals surface area contributed by atoms with E-state index in [1.165, 1.54) is 14.7 Å². The Balaban J connectivity index is 1.39. The van der Waals surface area contributed by atoms with E-state index in [1.807, 2.05) is 4.90 Å². The molecule has 0 aliphatic carbocycles. The smallest absolute Gasteiger partial charge is 0.243 e. The van der Waals surface area contributed by atoms with Crippen LogP contribution < -0.4 is 0 Å². The number of rotatable bonds is 3. The molecule has 0 atom stereocenters. The standard InChI is InChI=1S/C19H22N2O3S2/c22-19(20-10-8-18-16(14-20)9-13-25-18)15-6-11-21(12-7-15)26(23,24)17-4-2-1-3-5-17/h1-5,9,13,15H,6-8,10-12,14H2. The van der Waals surface area contributed by atoms with Crippen molar-refractivity contribution in [3.05, 3.63) is 52.2 Å². The van der Waals surface area contributed by atoms with Gasteiger partial charge in [-0.25, -0.2) is 8.42 Å². The van der Waals surface area contributed by atoms with Gasteiger partial charge in [-0.15, -0.1) is 11.3 Å². The summed E-state index contributed by atoms with van der Waals surface area (Å²) in [6.45, 7) is 2.28. The number of amides is 1. The van der Waals surface area contributed by atoms with E-state index in [2.05, 4.69) is 11.4 Å². The summed E-state index contributed by atoms with van der Waals surface area (Å²) in [7, 11) is -3.46. The molecule has 0 N–H and O–H groups in total. The molecule has 0 unspecified atom stereocenters. The Morgan fingerprint density at radius 2 is 1.77 bits per heavy atom. The number of benzene rings is 1. The first-order chi connectivity index (χ1) is 12.6. The van der Waals surface area contributed by atoms with Crippen molar-refractivity contribution in [3.8, 4) is 0 Å². The summed E-state index contributed by atoms with van der Waals surface area (Å²) in [5.74, 6) is 0.107. The topological polar surface area (TPSA) is 57.7 Å². The summed E-state index contributed by atoms with van der Waals surface area (Å²) in [5, 5.41) is 2.09. The maximum atomic E-state index is 12.9. The molecule has 26 heavy (non-hydrogen) atoms. The summed E-state index contributed by atoms with van der Waals surface area (Å²) in [5.41, 5.74) is 1.26. The van der Waals surface area contributed by atoms with Crippen LogP contribution in [0.2, 0.25) is 0 Å². The molecule has 0 bridgehead atoms. The summed E-state index contributed by atoms with van der Waals surface area (Å²) >= 11 is 1.76. The van der Waals surface area contributed by atoms with E-state index in [9.17, 15) is 13.2 Å². The van der Waals surface area contributed by atoms with Crippen molar-refractivity contribution >= 4 is 27.3 Å². The fourth-order valence-corrected chi connectivity index (χ4v) is 6.16. The van der Waals surface area contributed by atoms with Gasteiger partial charge in [0, 0.05) is 37.0 Å². The molecule has 5 nitrogen and oxygen atoms in total. The number of fused-ring (bicyclic) bond motifs is 1. The number of nitrogens with zero attached hydrogens (tertiary/aromatic N) is 2. The fraction of sp³-hybridized carbons (Fsp3) is 0.421. The average molecular weight is 391 g/mol. The monoisotopic (exact) mass is 390 g/mol. The van der Waals surface area contributed by atoms with E-state index in [0.29, 0.717) is 37.4 Å². The predicted molar refractivity (Wildman–Crippen MR) is 101 cm³/mol. The van der Waals surface area contributed by atoms with E-state index in [0.717, 1.165) is 13.0 Å². The Morgan fingerprint density at radius 1 is 1.04 bits per heavy atom. The number of thiophene rings is 1. The molecular weight excluding hydrogens is 368 g/mol. The van der Waals surface area contributed by atoms with E-state index >= 15 is 0 Å². The first-order valence-corrected chi connectivity index (χ1v) is 11.3. The van der Waals surface area contributed by atoms with Gasteiger partial charge in [-0.1, -0.05) is 18.2 Å². The van der Waals surface area contributed by atoms with Gasteiger partial charge in [0.2, 0.25) is 15.9 Å². The highest BCUT2D eigenvalue weighted by atomic mass is 32.2. The number of hydrogen-bond donors (Lipinski definition) is 0. The van der Waals surface area contributed by atoms with Crippen LogP contribution in [-0.4, -0.2) is 43.2 Å². The van der Waals surface area contributed by atoms with Crippen molar-refractivity contribution < 1.29 is 13.2 Å². The van der Waals surface area contributed by atoms with Gasteiger partial charge in [0.05, 0.1) is 4.90 Å². The third kappa shape index (κ3) is 3.31. The summed E-state index contributed by atoms with van der Waals surface area (Å²) in [6, 6.07) is 10.6. The van der Waals surface area contributed by atoms with Crippen LogP contribution in [0.3, 0.4) is 0 Å². The molecule has 0 spiro atoms. The third-order valence-electron chi connectivity index (χ3n) is 5.30. The Bertz CT molecular complexity index is 885. The van der Waals surface area contributed by atoms with Crippen molar-refractivity contribution in [1.29, 1.82) is 0 Å². The van der Waals surface area contributed by atoms with Crippen molar-refractivity contribution in [1.82, 2.24) is 9.21 Å². The second kappa shape index (κ2) is 7.13. The highest BCUT2D eigenvalue weighted by molar-refractivity contribution is 7.89. The molecule has 4 rings (SSSR count). The zero-order valence-corrected chi connectivity index (χ0v) is 16.1. The third-order valence-corrected chi connectivity index (χ3v) is 8.24. The van der Waals surface area contributed by atoms with Gasteiger partial charge in [0.25, 0.3) is 0 Å². The second-order valence-corrected chi connectivity index (χ2v) is 9.81. The van der Waals surface area contributed by atoms with Crippen molar-refractivity contribution in [2.24, 2.45) is 5.92 Å². The van der Waals surface area contributed by atoms with E-state index in [-0.39, 0.29) is 11.8 Å². The molecule has 0 saturated carbocycles. The first-order valence-electron chi connectivity index (χ1n) is 8.95. The molecule has 1 aromatic heterocycles. The van der Waals surface area contributed by atoms with Gasteiger partial charge in [0.1, 0.15) is 0 Å². The number of carbonyl (C=O) groups excluding carboxylic acids is 1. The minimum atomic E-state index is -3.46. The van der Waals surface area contributed by atoms with Crippen molar-refractivity contribution in [3.63, 3.8) is 0 Å². The summed E-state index contributed by atoms with van der Waals surface area (Å²) in [4.78, 5) is 16.5. The summed E-state index contributed by atoms with van der Waals surface area (Å²) in [6.07, 6.45) is 2.12. The minimum Gasteiger partial charge on any atom is -0.338 e. The maximum absolute atomic E-state index is 12.9. The normalized spacial score (nSPS) is 19.3. The molecule has 138 valence electrons. The Labute approximate surface area is 158 Å². The van der Waals surface area contributed by atoms with E-state index in [4.69, 9.17) is 0 Å². The van der Waals surface area contributed by atoms with Crippen LogP contribution in [0.4, 0.5) is 0 Å². The Hall–Kier alpha value is -1.70. The highest BCUT2D eigenvalue weighted by Gasteiger charge is 2.34. The largest absolute Gasteiger partial charge is 0.338 e. The molecule has 3 heterocycles. The first kappa shape index (κ1) is 17.7. The zero-order chi connectivity index (χ0) is 18.1. The molecule has 1 amide bonds. The lowest BCUT2D eigenvalue weighted by Gasteiger charge is -2.35. The lowest BCUT2D eigenvalue weighted by atomic mass is 9.95. The van der Waals surface area contributed by atoms with Crippen LogP contribution in [0, 0.1) is 5.92 Å². The summed E-state index contributed by atoms with van der Waals surface area (Å²) < 4.78 is 26.9. The van der Waals surface area contributed by atoms with Crippen LogP contribution in [0.15, 0.2) is 46.7 Å². The van der Waals surface area contributed by atoms with Gasteiger partial charge >= 0.3 is 0 Å². The van der Waals surface area contributed by atoms with Crippen LogP contribution in [0.1, 0.15) is 23.3 Å². The predicted octanol–water partition coefficient (Wildman–Crippen LogP) is 2.73. The van der Waals surface area contributed by atoms with Crippen LogP contribution in [-0.2, 0) is 27.8 Å². The van der Waals surface area contributed by atoms with Crippen LogP contribution in [0.5, 0.6) is 0 Å². The second-order valence-electron chi connectivity index (χ2n) is 6.87. The highest BCUT2D eigenvalue weighted by Crippen LogP contribution is 2.29. The van der Waals surface area contributed by atoms with Gasteiger partial charge < -0.3 is 4.90 Å².